The topological polar surface area (TPSA) is 97.1 Å². The van der Waals surface area contributed by atoms with E-state index in [2.05, 4.69) is 42.5 Å². The number of carbonyl (C=O) groups is 2. The standard InChI is InChI=1S/C22H24N4O3S/c1-13-6-7-14(10-18(13)26-12-17(21(28)29)24-25-26)20(27)23-16-11-15(22(2,3)4)8-9-19(16)30-5/h6-12H,1-5H3,(H,23,27)(H,28,29). The zero-order valence-corrected chi connectivity index (χ0v) is 18.4. The van der Waals surface area contributed by atoms with Gasteiger partial charge in [0.15, 0.2) is 5.69 Å². The summed E-state index contributed by atoms with van der Waals surface area (Å²) in [7, 11) is 0. The first-order valence-electron chi connectivity index (χ1n) is 9.36. The van der Waals surface area contributed by atoms with E-state index in [-0.39, 0.29) is 17.0 Å². The Balaban J connectivity index is 1.94. The zero-order valence-electron chi connectivity index (χ0n) is 17.6. The van der Waals surface area contributed by atoms with Crippen molar-refractivity contribution in [1.82, 2.24) is 15.0 Å². The number of carboxylic acid groups (broad SMARTS) is 1. The lowest BCUT2D eigenvalue weighted by molar-refractivity contribution is 0.0690. The van der Waals surface area contributed by atoms with E-state index in [0.717, 1.165) is 21.7 Å². The first-order valence-corrected chi connectivity index (χ1v) is 10.6. The maximum atomic E-state index is 13.0. The third-order valence-electron chi connectivity index (χ3n) is 4.74. The predicted octanol–water partition coefficient (Wildman–Crippen LogP) is 4.55. The van der Waals surface area contributed by atoms with E-state index in [1.807, 2.05) is 25.3 Å². The van der Waals surface area contributed by atoms with Gasteiger partial charge in [-0.25, -0.2) is 9.48 Å². The summed E-state index contributed by atoms with van der Waals surface area (Å²) in [5.74, 6) is -1.41. The van der Waals surface area contributed by atoms with Gasteiger partial charge in [-0.3, -0.25) is 4.79 Å². The van der Waals surface area contributed by atoms with Gasteiger partial charge < -0.3 is 10.4 Å². The van der Waals surface area contributed by atoms with Crippen molar-refractivity contribution in [1.29, 1.82) is 0 Å². The van der Waals surface area contributed by atoms with Crippen LogP contribution in [0.4, 0.5) is 5.69 Å². The predicted molar refractivity (Wildman–Crippen MR) is 118 cm³/mol. The molecule has 1 aromatic heterocycles. The minimum absolute atomic E-state index is 0.0393. The van der Waals surface area contributed by atoms with E-state index in [1.165, 1.54) is 10.9 Å². The second-order valence-corrected chi connectivity index (χ2v) is 8.82. The highest BCUT2D eigenvalue weighted by Gasteiger charge is 2.18. The van der Waals surface area contributed by atoms with E-state index in [1.54, 1.807) is 30.0 Å². The fraction of sp³-hybridized carbons (Fsp3) is 0.273. The molecule has 0 bridgehead atoms. The number of aryl methyl sites for hydroxylation is 1. The number of nitrogens with one attached hydrogen (secondary N) is 1. The molecule has 0 unspecified atom stereocenters. The third-order valence-corrected chi connectivity index (χ3v) is 5.54. The zero-order chi connectivity index (χ0) is 22.1. The molecule has 1 amide bonds. The molecule has 156 valence electrons. The van der Waals surface area contributed by atoms with Gasteiger partial charge in [0.05, 0.1) is 17.6 Å². The number of hydrogen-bond acceptors (Lipinski definition) is 5. The molecule has 2 aromatic carbocycles. The molecule has 0 fully saturated rings. The Morgan fingerprint density at radius 3 is 2.47 bits per heavy atom. The SMILES string of the molecule is CSc1ccc(C(C)(C)C)cc1NC(=O)c1ccc(C)c(-n2cc(C(=O)O)nn2)c1. The van der Waals surface area contributed by atoms with E-state index in [0.29, 0.717) is 11.3 Å². The second kappa shape index (κ2) is 8.31. The summed E-state index contributed by atoms with van der Waals surface area (Å²) in [5.41, 5.74) is 3.57. The lowest BCUT2D eigenvalue weighted by Crippen LogP contribution is -2.16. The largest absolute Gasteiger partial charge is 0.476 e. The van der Waals surface area contributed by atoms with Crippen LogP contribution in [-0.2, 0) is 5.41 Å². The lowest BCUT2D eigenvalue weighted by atomic mass is 9.87. The molecular formula is C22H24N4O3S. The maximum Gasteiger partial charge on any atom is 0.358 e. The van der Waals surface area contributed by atoms with Gasteiger partial charge in [-0.2, -0.15) is 0 Å². The first kappa shape index (κ1) is 21.6. The maximum absolute atomic E-state index is 13.0. The molecule has 0 aliphatic rings. The van der Waals surface area contributed by atoms with Gasteiger partial charge in [-0.05, 0) is 54.0 Å². The van der Waals surface area contributed by atoms with Crippen LogP contribution in [0.15, 0.2) is 47.5 Å². The Kier molecular flexibility index (Phi) is 5.98. The second-order valence-electron chi connectivity index (χ2n) is 7.97. The molecule has 0 saturated heterocycles. The monoisotopic (exact) mass is 424 g/mol. The minimum atomic E-state index is -1.16. The molecule has 8 heteroatoms. The number of carbonyl (C=O) groups excluding carboxylic acids is 1. The fourth-order valence-electron chi connectivity index (χ4n) is 2.94. The highest BCUT2D eigenvalue weighted by molar-refractivity contribution is 7.98. The summed E-state index contributed by atoms with van der Waals surface area (Å²) in [6.07, 6.45) is 3.29. The normalized spacial score (nSPS) is 11.4. The van der Waals surface area contributed by atoms with E-state index in [9.17, 15) is 9.59 Å². The van der Waals surface area contributed by atoms with E-state index < -0.39 is 5.97 Å². The van der Waals surface area contributed by atoms with Crippen molar-refractivity contribution < 1.29 is 14.7 Å². The van der Waals surface area contributed by atoms with Gasteiger partial charge in [0.1, 0.15) is 0 Å². The smallest absolute Gasteiger partial charge is 0.358 e. The summed E-state index contributed by atoms with van der Waals surface area (Å²) in [5, 5.41) is 19.6. The van der Waals surface area contributed by atoms with Crippen molar-refractivity contribution >= 4 is 29.3 Å². The summed E-state index contributed by atoms with van der Waals surface area (Å²) in [6.45, 7) is 8.24. The summed E-state index contributed by atoms with van der Waals surface area (Å²) < 4.78 is 1.36. The van der Waals surface area contributed by atoms with Crippen LogP contribution in [0.2, 0.25) is 0 Å². The van der Waals surface area contributed by atoms with Gasteiger partial charge in [0, 0.05) is 10.5 Å². The molecule has 0 spiro atoms. The van der Waals surface area contributed by atoms with Crippen LogP contribution in [0.25, 0.3) is 5.69 Å². The number of aromatic nitrogens is 3. The highest BCUT2D eigenvalue weighted by Crippen LogP contribution is 2.32. The number of benzene rings is 2. The van der Waals surface area contributed by atoms with Gasteiger partial charge in [0.25, 0.3) is 5.91 Å². The van der Waals surface area contributed by atoms with Crippen LogP contribution in [0.1, 0.15) is 52.7 Å². The van der Waals surface area contributed by atoms with Crippen molar-refractivity contribution in [3.63, 3.8) is 0 Å². The van der Waals surface area contributed by atoms with Crippen molar-refractivity contribution in [2.24, 2.45) is 0 Å². The number of nitrogens with zero attached hydrogens (tertiary/aromatic N) is 3. The molecule has 3 rings (SSSR count). The molecule has 2 N–H and O–H groups in total. The number of rotatable bonds is 5. The van der Waals surface area contributed by atoms with Crippen LogP contribution in [0.5, 0.6) is 0 Å². The van der Waals surface area contributed by atoms with Crippen molar-refractivity contribution in [3.8, 4) is 5.69 Å². The molecule has 0 radical (unpaired) electrons. The van der Waals surface area contributed by atoms with Gasteiger partial charge in [-0.1, -0.05) is 38.1 Å². The van der Waals surface area contributed by atoms with E-state index >= 15 is 0 Å². The molecule has 0 aliphatic carbocycles. The highest BCUT2D eigenvalue weighted by atomic mass is 32.2. The number of amides is 1. The molecule has 30 heavy (non-hydrogen) atoms. The number of thioether (sulfide) groups is 1. The van der Waals surface area contributed by atoms with Crippen LogP contribution in [0.3, 0.4) is 0 Å². The molecule has 0 atom stereocenters. The Bertz CT molecular complexity index is 1120. The van der Waals surface area contributed by atoms with Crippen molar-refractivity contribution in [2.75, 3.05) is 11.6 Å². The number of hydrogen-bond donors (Lipinski definition) is 2. The van der Waals surface area contributed by atoms with Crippen LogP contribution in [-0.4, -0.2) is 38.2 Å². The fourth-order valence-corrected chi connectivity index (χ4v) is 3.48. The third kappa shape index (κ3) is 4.54. The van der Waals surface area contributed by atoms with E-state index in [4.69, 9.17) is 5.11 Å². The summed E-state index contributed by atoms with van der Waals surface area (Å²) in [4.78, 5) is 25.1. The van der Waals surface area contributed by atoms with Gasteiger partial charge in [0.2, 0.25) is 0 Å². The Morgan fingerprint density at radius 1 is 1.13 bits per heavy atom. The van der Waals surface area contributed by atoms with Gasteiger partial charge >= 0.3 is 5.97 Å². The molecule has 0 aliphatic heterocycles. The van der Waals surface area contributed by atoms with Crippen LogP contribution in [0, 0.1) is 6.92 Å². The molecule has 7 nitrogen and oxygen atoms in total. The molecule has 1 heterocycles. The number of carboxylic acids is 1. The lowest BCUT2D eigenvalue weighted by Gasteiger charge is -2.21. The Labute approximate surface area is 179 Å². The van der Waals surface area contributed by atoms with Gasteiger partial charge in [-0.15, -0.1) is 16.9 Å². The Hall–Kier alpha value is -3.13. The summed E-state index contributed by atoms with van der Waals surface area (Å²) in [6, 6.07) is 11.3. The van der Waals surface area contributed by atoms with Crippen molar-refractivity contribution in [2.45, 2.75) is 38.0 Å². The Morgan fingerprint density at radius 2 is 1.87 bits per heavy atom. The number of anilines is 1. The minimum Gasteiger partial charge on any atom is -0.476 e. The van der Waals surface area contributed by atoms with Crippen LogP contribution < -0.4 is 5.32 Å². The molecule has 3 aromatic rings. The average Bonchev–Trinajstić information content (AvgIpc) is 3.18. The van der Waals surface area contributed by atoms with Crippen LogP contribution >= 0.6 is 11.8 Å². The number of aromatic carboxylic acids is 1. The molecular weight excluding hydrogens is 400 g/mol. The average molecular weight is 425 g/mol. The quantitative estimate of drug-likeness (QED) is 0.584. The van der Waals surface area contributed by atoms with Crippen molar-refractivity contribution in [3.05, 3.63) is 65.0 Å². The molecule has 0 saturated carbocycles. The first-order chi connectivity index (χ1) is 14.1. The summed E-state index contributed by atoms with van der Waals surface area (Å²) >= 11 is 1.57.